The van der Waals surface area contributed by atoms with Crippen LogP contribution in [0.3, 0.4) is 0 Å². The minimum absolute atomic E-state index is 0.757. The van der Waals surface area contributed by atoms with Crippen LogP contribution in [-0.4, -0.2) is 21.4 Å². The summed E-state index contributed by atoms with van der Waals surface area (Å²) in [6.45, 7) is 3.83. The van der Waals surface area contributed by atoms with Gasteiger partial charge in [-0.1, -0.05) is 24.3 Å². The first-order valence-electron chi connectivity index (χ1n) is 7.58. The molecule has 2 aromatic heterocycles. The summed E-state index contributed by atoms with van der Waals surface area (Å²) >= 11 is 7.31. The molecule has 3 aromatic rings. The van der Waals surface area contributed by atoms with Gasteiger partial charge >= 0.3 is 0 Å². The van der Waals surface area contributed by atoms with Gasteiger partial charge in [-0.2, -0.15) is 16.0 Å². The molecule has 0 fully saturated rings. The quantitative estimate of drug-likeness (QED) is 0.720. The number of aryl methyl sites for hydroxylation is 1. The van der Waals surface area contributed by atoms with Crippen LogP contribution in [0.4, 0.5) is 0 Å². The van der Waals surface area contributed by atoms with Gasteiger partial charge in [0.15, 0.2) is 12.5 Å². The molecule has 0 spiro atoms. The summed E-state index contributed by atoms with van der Waals surface area (Å²) in [5.41, 5.74) is 3.70. The van der Waals surface area contributed by atoms with Crippen molar-refractivity contribution >= 4 is 23.6 Å². The molecule has 23 heavy (non-hydrogen) atoms. The summed E-state index contributed by atoms with van der Waals surface area (Å²) in [6.07, 6.45) is 0. The Morgan fingerprint density at radius 2 is 2.04 bits per heavy atom. The third-order valence-corrected chi connectivity index (χ3v) is 5.15. The van der Waals surface area contributed by atoms with Crippen molar-refractivity contribution in [3.63, 3.8) is 0 Å². The van der Waals surface area contributed by atoms with E-state index in [0.29, 0.717) is 0 Å². The van der Waals surface area contributed by atoms with Gasteiger partial charge in [0.05, 0.1) is 7.05 Å². The van der Waals surface area contributed by atoms with Gasteiger partial charge in [0.25, 0.3) is 0 Å². The van der Waals surface area contributed by atoms with Crippen molar-refractivity contribution in [2.75, 3.05) is 7.05 Å². The molecule has 0 saturated heterocycles. The number of rotatable bonds is 5. The fraction of sp³-hybridized carbons (Fsp3) is 0.294. The van der Waals surface area contributed by atoms with E-state index in [-0.39, 0.29) is 0 Å². The Balaban J connectivity index is 1.86. The normalized spacial score (nSPS) is 12.5. The van der Waals surface area contributed by atoms with Gasteiger partial charge in [0, 0.05) is 18.2 Å². The second-order valence-corrected chi connectivity index (χ2v) is 7.05. The Labute approximate surface area is 145 Å². The van der Waals surface area contributed by atoms with Crippen molar-refractivity contribution in [3.8, 4) is 11.4 Å². The molecule has 3 rings (SSSR count). The number of quaternary nitrogens is 1. The van der Waals surface area contributed by atoms with Crippen molar-refractivity contribution < 1.29 is 4.90 Å². The zero-order chi connectivity index (χ0) is 16.4. The summed E-state index contributed by atoms with van der Waals surface area (Å²) in [5.74, 6) is 0.927. The number of thiophene rings is 1. The summed E-state index contributed by atoms with van der Waals surface area (Å²) < 4.78 is 4.68. The Hall–Kier alpha value is -1.76. The van der Waals surface area contributed by atoms with E-state index in [0.717, 1.165) is 29.4 Å². The van der Waals surface area contributed by atoms with Gasteiger partial charge in [-0.3, -0.25) is 0 Å². The number of hydrogen-bond acceptors (Lipinski definition) is 3. The minimum atomic E-state index is 0.757. The molecule has 120 valence electrons. The van der Waals surface area contributed by atoms with Crippen LogP contribution in [0.25, 0.3) is 11.4 Å². The molecule has 0 saturated carbocycles. The lowest BCUT2D eigenvalue weighted by molar-refractivity contribution is -0.917. The second kappa shape index (κ2) is 6.78. The monoisotopic (exact) mass is 345 g/mol. The first-order chi connectivity index (χ1) is 11.1. The predicted molar refractivity (Wildman–Crippen MR) is 97.1 cm³/mol. The lowest BCUT2D eigenvalue weighted by Gasteiger charge is -2.12. The summed E-state index contributed by atoms with van der Waals surface area (Å²) in [4.78, 5) is 1.36. The van der Waals surface area contributed by atoms with Gasteiger partial charge in [-0.25, -0.2) is 0 Å². The van der Waals surface area contributed by atoms with Crippen LogP contribution in [0.1, 0.15) is 11.1 Å². The summed E-state index contributed by atoms with van der Waals surface area (Å²) in [5, 5.41) is 9.08. The van der Waals surface area contributed by atoms with Crippen molar-refractivity contribution in [3.05, 3.63) is 57.0 Å². The Morgan fingerprint density at radius 3 is 2.74 bits per heavy atom. The van der Waals surface area contributed by atoms with E-state index in [1.807, 2.05) is 28.4 Å². The number of nitrogens with zero attached hydrogens (tertiary/aromatic N) is 3. The highest BCUT2D eigenvalue weighted by Crippen LogP contribution is 2.20. The SMILES string of the molecule is Cc1ccccc1-c1nn(C[NH+](C)Cc2ccsc2)c(=S)n1C. The van der Waals surface area contributed by atoms with Gasteiger partial charge in [0.1, 0.15) is 6.54 Å². The van der Waals surface area contributed by atoms with E-state index in [1.165, 1.54) is 16.0 Å². The maximum absolute atomic E-state index is 5.58. The van der Waals surface area contributed by atoms with Crippen LogP contribution >= 0.6 is 23.6 Å². The molecule has 1 aromatic carbocycles. The Bertz CT molecular complexity index is 846. The van der Waals surface area contributed by atoms with Crippen LogP contribution in [0.2, 0.25) is 0 Å². The molecule has 4 nitrogen and oxygen atoms in total. The molecule has 0 bridgehead atoms. The molecular weight excluding hydrogens is 324 g/mol. The molecule has 0 amide bonds. The molecule has 1 atom stereocenters. The fourth-order valence-electron chi connectivity index (χ4n) is 2.70. The van der Waals surface area contributed by atoms with Crippen molar-refractivity contribution in [1.29, 1.82) is 0 Å². The van der Waals surface area contributed by atoms with Gasteiger partial charge in [0.2, 0.25) is 4.77 Å². The van der Waals surface area contributed by atoms with Crippen molar-refractivity contribution in [1.82, 2.24) is 14.3 Å². The Morgan fingerprint density at radius 1 is 1.26 bits per heavy atom. The average Bonchev–Trinajstić information content (AvgIpc) is 3.12. The molecular formula is C17H21N4S2+. The van der Waals surface area contributed by atoms with Crippen molar-refractivity contribution in [2.24, 2.45) is 7.05 Å². The maximum Gasteiger partial charge on any atom is 0.202 e. The second-order valence-electron chi connectivity index (χ2n) is 5.90. The molecule has 0 aliphatic carbocycles. The topological polar surface area (TPSA) is 27.2 Å². The van der Waals surface area contributed by atoms with Gasteiger partial charge < -0.3 is 9.47 Å². The standard InChI is InChI=1S/C17H20N4S2/c1-13-6-4-5-7-15(13)16-18-21(17(22)20(16)3)12-19(2)10-14-8-9-23-11-14/h4-9,11H,10,12H2,1-3H3/p+1. The predicted octanol–water partition coefficient (Wildman–Crippen LogP) is 2.66. The Kier molecular flexibility index (Phi) is 4.75. The van der Waals surface area contributed by atoms with Crippen LogP contribution in [0, 0.1) is 11.7 Å². The smallest absolute Gasteiger partial charge is 0.202 e. The minimum Gasteiger partial charge on any atom is -0.315 e. The first-order valence-corrected chi connectivity index (χ1v) is 8.93. The van der Waals surface area contributed by atoms with Crippen LogP contribution < -0.4 is 4.90 Å². The van der Waals surface area contributed by atoms with Crippen LogP contribution in [0.5, 0.6) is 0 Å². The lowest BCUT2D eigenvalue weighted by atomic mass is 10.1. The molecule has 1 unspecified atom stereocenters. The van der Waals surface area contributed by atoms with E-state index in [1.54, 1.807) is 11.3 Å². The fourth-order valence-corrected chi connectivity index (χ4v) is 3.56. The zero-order valence-corrected chi connectivity index (χ0v) is 15.2. The van der Waals surface area contributed by atoms with E-state index in [9.17, 15) is 0 Å². The number of aromatic nitrogens is 3. The number of benzene rings is 1. The summed E-state index contributed by atoms with van der Waals surface area (Å²) in [7, 11) is 4.16. The van der Waals surface area contributed by atoms with Gasteiger partial charge in [-0.05, 0) is 41.5 Å². The van der Waals surface area contributed by atoms with Crippen LogP contribution in [-0.2, 0) is 20.3 Å². The van der Waals surface area contributed by atoms with Crippen molar-refractivity contribution in [2.45, 2.75) is 20.1 Å². The van der Waals surface area contributed by atoms with E-state index in [2.05, 4.69) is 42.9 Å². The molecule has 0 radical (unpaired) electrons. The number of nitrogens with one attached hydrogen (secondary N) is 1. The highest BCUT2D eigenvalue weighted by atomic mass is 32.1. The highest BCUT2D eigenvalue weighted by molar-refractivity contribution is 7.71. The van der Waals surface area contributed by atoms with Gasteiger partial charge in [-0.15, -0.1) is 5.10 Å². The first kappa shape index (κ1) is 16.1. The largest absolute Gasteiger partial charge is 0.315 e. The third kappa shape index (κ3) is 3.44. The maximum atomic E-state index is 5.58. The average molecular weight is 346 g/mol. The zero-order valence-electron chi connectivity index (χ0n) is 13.6. The molecule has 0 aliphatic rings. The molecule has 0 aliphatic heterocycles. The van der Waals surface area contributed by atoms with E-state index < -0.39 is 0 Å². The third-order valence-electron chi connectivity index (χ3n) is 3.93. The molecule has 1 N–H and O–H groups in total. The number of hydrogen-bond donors (Lipinski definition) is 1. The van der Waals surface area contributed by atoms with E-state index >= 15 is 0 Å². The van der Waals surface area contributed by atoms with E-state index in [4.69, 9.17) is 17.3 Å². The van der Waals surface area contributed by atoms with Crippen LogP contribution in [0.15, 0.2) is 41.1 Å². The molecule has 6 heteroatoms. The highest BCUT2D eigenvalue weighted by Gasteiger charge is 2.14. The lowest BCUT2D eigenvalue weighted by Crippen LogP contribution is -3.06. The molecule has 2 heterocycles. The summed E-state index contributed by atoms with van der Waals surface area (Å²) in [6, 6.07) is 10.5.